The normalized spacial score (nSPS) is 6.25. The van der Waals surface area contributed by atoms with E-state index in [4.69, 9.17) is 15.0 Å². The van der Waals surface area contributed by atoms with E-state index in [0.29, 0.717) is 6.29 Å². The van der Waals surface area contributed by atoms with Gasteiger partial charge in [-0.1, -0.05) is 6.58 Å². The van der Waals surface area contributed by atoms with E-state index in [2.05, 4.69) is 6.58 Å². The summed E-state index contributed by atoms with van der Waals surface area (Å²) in [5.74, 6) is 0. The van der Waals surface area contributed by atoms with Crippen molar-refractivity contribution in [2.24, 2.45) is 0 Å². The fraction of sp³-hybridized carbons (Fsp3) is 0.400. The highest BCUT2D eigenvalue weighted by Gasteiger charge is 1.58. The first-order chi connectivity index (χ1) is 3.83. The summed E-state index contributed by atoms with van der Waals surface area (Å²) in [6.45, 7) is 2.86. The number of aliphatic hydroxyl groups is 2. The van der Waals surface area contributed by atoms with E-state index in [1.54, 1.807) is 0 Å². The summed E-state index contributed by atoms with van der Waals surface area (Å²) in [7, 11) is 0. The number of carbonyl (C=O) groups is 1. The Labute approximate surface area is 48.3 Å². The zero-order chi connectivity index (χ0) is 6.83. The van der Waals surface area contributed by atoms with Gasteiger partial charge >= 0.3 is 0 Å². The van der Waals surface area contributed by atoms with Crippen LogP contribution in [0.15, 0.2) is 12.7 Å². The number of aldehydes is 1. The van der Waals surface area contributed by atoms with Gasteiger partial charge in [0.2, 0.25) is 0 Å². The van der Waals surface area contributed by atoms with Crippen molar-refractivity contribution >= 4 is 6.29 Å². The molecule has 0 fully saturated rings. The number of hydrogen-bond donors (Lipinski definition) is 2. The van der Waals surface area contributed by atoms with E-state index in [0.717, 1.165) is 0 Å². The van der Waals surface area contributed by atoms with E-state index < -0.39 is 0 Å². The third-order valence-electron chi connectivity index (χ3n) is 0.196. The van der Waals surface area contributed by atoms with Gasteiger partial charge in [0.1, 0.15) is 6.29 Å². The molecule has 0 amide bonds. The third-order valence-corrected chi connectivity index (χ3v) is 0.196. The number of rotatable bonds is 2. The summed E-state index contributed by atoms with van der Waals surface area (Å²) in [4.78, 5) is 9.06. The highest BCUT2D eigenvalue weighted by atomic mass is 16.3. The van der Waals surface area contributed by atoms with Crippen molar-refractivity contribution in [1.29, 1.82) is 0 Å². The zero-order valence-electron chi connectivity index (χ0n) is 4.58. The van der Waals surface area contributed by atoms with Crippen LogP contribution < -0.4 is 0 Å². The van der Waals surface area contributed by atoms with Crippen molar-refractivity contribution in [3.63, 3.8) is 0 Å². The fourth-order valence-electron chi connectivity index (χ4n) is 0. The molecule has 0 spiro atoms. The molecule has 0 atom stereocenters. The highest BCUT2D eigenvalue weighted by molar-refractivity contribution is 5.63. The Morgan fingerprint density at radius 1 is 1.38 bits per heavy atom. The molecule has 0 aliphatic carbocycles. The molecule has 0 aromatic heterocycles. The van der Waals surface area contributed by atoms with Crippen molar-refractivity contribution in [3.8, 4) is 0 Å². The van der Waals surface area contributed by atoms with Crippen LogP contribution in [0.3, 0.4) is 0 Å². The van der Waals surface area contributed by atoms with Crippen molar-refractivity contribution < 1.29 is 15.0 Å². The molecule has 0 aromatic rings. The molecule has 3 nitrogen and oxygen atoms in total. The number of allylic oxidation sites excluding steroid dienone is 1. The van der Waals surface area contributed by atoms with Gasteiger partial charge in [-0.15, -0.1) is 0 Å². The number of carbonyl (C=O) groups excluding carboxylic acids is 1. The minimum absolute atomic E-state index is 0.125. The summed E-state index contributed by atoms with van der Waals surface area (Å²) in [5, 5.41) is 15.2. The quantitative estimate of drug-likeness (QED) is 0.374. The molecule has 0 saturated carbocycles. The molecular weight excluding hydrogens is 108 g/mol. The topological polar surface area (TPSA) is 57.5 Å². The predicted molar refractivity (Wildman–Crippen MR) is 30.4 cm³/mol. The van der Waals surface area contributed by atoms with Crippen LogP contribution in [-0.2, 0) is 4.79 Å². The first kappa shape index (κ1) is 10.3. The minimum Gasteiger partial charge on any atom is -0.394 e. The van der Waals surface area contributed by atoms with Gasteiger partial charge in [0.25, 0.3) is 0 Å². The maximum atomic E-state index is 9.06. The van der Waals surface area contributed by atoms with Crippen molar-refractivity contribution in [1.82, 2.24) is 0 Å². The molecule has 8 heavy (non-hydrogen) atoms. The van der Waals surface area contributed by atoms with Gasteiger partial charge < -0.3 is 10.2 Å². The van der Waals surface area contributed by atoms with Crippen LogP contribution in [-0.4, -0.2) is 29.7 Å². The van der Waals surface area contributed by atoms with E-state index in [1.165, 1.54) is 6.08 Å². The van der Waals surface area contributed by atoms with Crippen LogP contribution in [0.1, 0.15) is 0 Å². The van der Waals surface area contributed by atoms with Crippen LogP contribution in [0, 0.1) is 0 Å². The standard InChI is InChI=1S/C3H4O.C2H6O2/c1-2-3-4;3-1-2-4/h2-3H,1H2;3-4H,1-2H2. The molecular formula is C5H10O3. The lowest BCUT2D eigenvalue weighted by Crippen LogP contribution is -1.85. The van der Waals surface area contributed by atoms with Crippen molar-refractivity contribution in [2.75, 3.05) is 13.2 Å². The van der Waals surface area contributed by atoms with Crippen LogP contribution in [0.4, 0.5) is 0 Å². The van der Waals surface area contributed by atoms with Gasteiger partial charge in [-0.25, -0.2) is 0 Å². The summed E-state index contributed by atoms with van der Waals surface area (Å²) in [6, 6.07) is 0. The molecule has 48 valence electrons. The number of aliphatic hydroxyl groups excluding tert-OH is 2. The molecule has 0 radical (unpaired) electrons. The number of hydrogen-bond acceptors (Lipinski definition) is 3. The Morgan fingerprint density at radius 3 is 1.62 bits per heavy atom. The minimum atomic E-state index is -0.125. The van der Waals surface area contributed by atoms with E-state index in [9.17, 15) is 0 Å². The van der Waals surface area contributed by atoms with Gasteiger partial charge in [0, 0.05) is 0 Å². The maximum absolute atomic E-state index is 9.06. The second-order valence-corrected chi connectivity index (χ2v) is 0.819. The average Bonchev–Trinajstić information content (AvgIpc) is 1.88. The Balaban J connectivity index is 0. The first-order valence-corrected chi connectivity index (χ1v) is 2.11. The average molecular weight is 118 g/mol. The highest BCUT2D eigenvalue weighted by Crippen LogP contribution is 1.39. The van der Waals surface area contributed by atoms with Crippen LogP contribution in [0.25, 0.3) is 0 Å². The van der Waals surface area contributed by atoms with Crippen LogP contribution >= 0.6 is 0 Å². The summed E-state index contributed by atoms with van der Waals surface area (Å²) >= 11 is 0. The molecule has 0 aliphatic rings. The zero-order valence-corrected chi connectivity index (χ0v) is 4.58. The molecule has 3 heteroatoms. The fourth-order valence-corrected chi connectivity index (χ4v) is 0. The van der Waals surface area contributed by atoms with E-state index in [-0.39, 0.29) is 13.2 Å². The Hall–Kier alpha value is -0.670. The molecule has 0 bridgehead atoms. The van der Waals surface area contributed by atoms with Crippen molar-refractivity contribution in [3.05, 3.63) is 12.7 Å². The monoisotopic (exact) mass is 118 g/mol. The summed E-state index contributed by atoms with van der Waals surface area (Å²) in [6.07, 6.45) is 1.83. The maximum Gasteiger partial charge on any atom is 0.142 e. The van der Waals surface area contributed by atoms with Gasteiger partial charge in [-0.3, -0.25) is 4.79 Å². The second kappa shape index (κ2) is 16.2. The summed E-state index contributed by atoms with van der Waals surface area (Å²) < 4.78 is 0. The lowest BCUT2D eigenvalue weighted by molar-refractivity contribution is -0.104. The molecule has 0 rings (SSSR count). The molecule has 0 unspecified atom stereocenters. The van der Waals surface area contributed by atoms with Crippen LogP contribution in [0.2, 0.25) is 0 Å². The first-order valence-electron chi connectivity index (χ1n) is 2.11. The molecule has 0 saturated heterocycles. The lowest BCUT2D eigenvalue weighted by atomic mass is 10.8. The summed E-state index contributed by atoms with van der Waals surface area (Å²) in [5.41, 5.74) is 0. The Bertz CT molecular complexity index is 43.6. The van der Waals surface area contributed by atoms with Crippen LogP contribution in [0.5, 0.6) is 0 Å². The molecule has 0 aliphatic heterocycles. The smallest absolute Gasteiger partial charge is 0.142 e. The van der Waals surface area contributed by atoms with Gasteiger partial charge in [0.15, 0.2) is 0 Å². The van der Waals surface area contributed by atoms with Gasteiger partial charge in [-0.2, -0.15) is 0 Å². The van der Waals surface area contributed by atoms with Crippen molar-refractivity contribution in [2.45, 2.75) is 0 Å². The molecule has 0 aromatic carbocycles. The predicted octanol–water partition coefficient (Wildman–Crippen LogP) is -0.658. The lowest BCUT2D eigenvalue weighted by Gasteiger charge is -1.70. The third kappa shape index (κ3) is 56.5. The second-order valence-electron chi connectivity index (χ2n) is 0.819. The van der Waals surface area contributed by atoms with E-state index in [1.807, 2.05) is 0 Å². The SMILES string of the molecule is C=CC=O.OCCO. The molecule has 0 heterocycles. The van der Waals surface area contributed by atoms with Gasteiger partial charge in [-0.05, 0) is 6.08 Å². The largest absolute Gasteiger partial charge is 0.394 e. The molecule has 2 N–H and O–H groups in total. The Kier molecular flexibility index (Phi) is 21.0. The van der Waals surface area contributed by atoms with Gasteiger partial charge in [0.05, 0.1) is 13.2 Å². The Morgan fingerprint density at radius 2 is 1.62 bits per heavy atom. The van der Waals surface area contributed by atoms with E-state index >= 15 is 0 Å².